The predicted molar refractivity (Wildman–Crippen MR) is 79.7 cm³/mol. The fraction of sp³-hybridized carbons (Fsp3) is 0.571. The fourth-order valence-electron chi connectivity index (χ4n) is 2.20. The molecule has 110 valence electrons. The Kier molecular flexibility index (Phi) is 4.92. The molecular formula is C14H23N5O. The van der Waals surface area contributed by atoms with Crippen LogP contribution in [0.25, 0.3) is 0 Å². The topological polar surface area (TPSA) is 60.5 Å². The lowest BCUT2D eigenvalue weighted by Crippen LogP contribution is -2.52. The molecule has 1 aliphatic heterocycles. The molecule has 1 fully saturated rings. The molecule has 0 saturated carbocycles. The minimum absolute atomic E-state index is 0.0702. The molecule has 1 aliphatic rings. The van der Waals surface area contributed by atoms with Gasteiger partial charge in [0.1, 0.15) is 5.82 Å². The van der Waals surface area contributed by atoms with Crippen LogP contribution in [0.3, 0.4) is 0 Å². The number of carbonyl (C=O) groups is 1. The van der Waals surface area contributed by atoms with E-state index in [1.165, 1.54) is 0 Å². The zero-order chi connectivity index (χ0) is 14.5. The van der Waals surface area contributed by atoms with Crippen LogP contribution in [0, 0.1) is 6.92 Å². The SMILES string of the molecule is CCNc1cc(C(=O)NN2CCN(C)CC2)cc(C)n1. The molecule has 1 aromatic heterocycles. The van der Waals surface area contributed by atoms with E-state index in [1.54, 1.807) is 6.07 Å². The zero-order valence-electron chi connectivity index (χ0n) is 12.4. The first kappa shape index (κ1) is 14.7. The number of rotatable bonds is 4. The highest BCUT2D eigenvalue weighted by Gasteiger charge is 2.17. The average molecular weight is 277 g/mol. The van der Waals surface area contributed by atoms with Crippen molar-refractivity contribution < 1.29 is 4.79 Å². The van der Waals surface area contributed by atoms with Crippen LogP contribution >= 0.6 is 0 Å². The van der Waals surface area contributed by atoms with E-state index in [0.29, 0.717) is 5.56 Å². The molecule has 0 aromatic carbocycles. The van der Waals surface area contributed by atoms with E-state index in [1.807, 2.05) is 24.9 Å². The fourth-order valence-corrected chi connectivity index (χ4v) is 2.20. The van der Waals surface area contributed by atoms with Crippen molar-refractivity contribution in [3.63, 3.8) is 0 Å². The molecule has 1 amide bonds. The van der Waals surface area contributed by atoms with Gasteiger partial charge in [0.15, 0.2) is 0 Å². The third-order valence-corrected chi connectivity index (χ3v) is 3.34. The summed E-state index contributed by atoms with van der Waals surface area (Å²) >= 11 is 0. The first-order valence-electron chi connectivity index (χ1n) is 7.05. The van der Waals surface area contributed by atoms with Gasteiger partial charge >= 0.3 is 0 Å². The second kappa shape index (κ2) is 6.67. The quantitative estimate of drug-likeness (QED) is 0.849. The highest BCUT2D eigenvalue weighted by molar-refractivity contribution is 5.94. The van der Waals surface area contributed by atoms with E-state index >= 15 is 0 Å². The van der Waals surface area contributed by atoms with Crippen LogP contribution in [-0.4, -0.2) is 60.6 Å². The Morgan fingerprint density at radius 1 is 1.30 bits per heavy atom. The van der Waals surface area contributed by atoms with Crippen LogP contribution in [0.4, 0.5) is 5.82 Å². The number of anilines is 1. The Labute approximate surface area is 120 Å². The van der Waals surface area contributed by atoms with Gasteiger partial charge in [-0.1, -0.05) is 0 Å². The van der Waals surface area contributed by atoms with E-state index in [4.69, 9.17) is 0 Å². The van der Waals surface area contributed by atoms with Gasteiger partial charge in [-0.15, -0.1) is 0 Å². The maximum absolute atomic E-state index is 12.3. The zero-order valence-corrected chi connectivity index (χ0v) is 12.4. The maximum atomic E-state index is 12.3. The largest absolute Gasteiger partial charge is 0.370 e. The highest BCUT2D eigenvalue weighted by Crippen LogP contribution is 2.10. The summed E-state index contributed by atoms with van der Waals surface area (Å²) in [5, 5.41) is 5.12. The van der Waals surface area contributed by atoms with Crippen molar-refractivity contribution in [1.29, 1.82) is 0 Å². The van der Waals surface area contributed by atoms with E-state index in [9.17, 15) is 4.79 Å². The number of hydrazine groups is 1. The number of hydrogen-bond acceptors (Lipinski definition) is 5. The third-order valence-electron chi connectivity index (χ3n) is 3.34. The predicted octanol–water partition coefficient (Wildman–Crippen LogP) is 0.714. The van der Waals surface area contributed by atoms with Gasteiger partial charge in [0, 0.05) is 44.0 Å². The van der Waals surface area contributed by atoms with Gasteiger partial charge in [-0.25, -0.2) is 9.99 Å². The molecule has 0 unspecified atom stereocenters. The lowest BCUT2D eigenvalue weighted by molar-refractivity contribution is 0.0662. The summed E-state index contributed by atoms with van der Waals surface area (Å²) in [5.74, 6) is 0.676. The number of pyridine rings is 1. The first-order chi connectivity index (χ1) is 9.58. The molecule has 1 saturated heterocycles. The van der Waals surface area contributed by atoms with Crippen molar-refractivity contribution in [1.82, 2.24) is 20.3 Å². The maximum Gasteiger partial charge on any atom is 0.265 e. The molecule has 6 nitrogen and oxygen atoms in total. The van der Waals surface area contributed by atoms with Gasteiger partial charge in [0.05, 0.1) is 0 Å². The molecule has 6 heteroatoms. The molecule has 0 atom stereocenters. The summed E-state index contributed by atoms with van der Waals surface area (Å²) in [6.07, 6.45) is 0. The molecule has 0 spiro atoms. The van der Waals surface area contributed by atoms with Crippen LogP contribution in [0.15, 0.2) is 12.1 Å². The van der Waals surface area contributed by atoms with Crippen molar-refractivity contribution in [2.75, 3.05) is 45.1 Å². The van der Waals surface area contributed by atoms with Gasteiger partial charge in [0.2, 0.25) is 0 Å². The van der Waals surface area contributed by atoms with Gasteiger partial charge in [-0.05, 0) is 33.0 Å². The second-order valence-corrected chi connectivity index (χ2v) is 5.14. The monoisotopic (exact) mass is 277 g/mol. The minimum atomic E-state index is -0.0702. The van der Waals surface area contributed by atoms with Crippen molar-refractivity contribution in [3.8, 4) is 0 Å². The van der Waals surface area contributed by atoms with Crippen LogP contribution in [0.5, 0.6) is 0 Å². The Balaban J connectivity index is 2.01. The molecular weight excluding hydrogens is 254 g/mol. The molecule has 2 N–H and O–H groups in total. The van der Waals surface area contributed by atoms with Gasteiger partial charge in [-0.3, -0.25) is 10.2 Å². The molecule has 0 aliphatic carbocycles. The van der Waals surface area contributed by atoms with Crippen molar-refractivity contribution in [2.45, 2.75) is 13.8 Å². The number of aromatic nitrogens is 1. The second-order valence-electron chi connectivity index (χ2n) is 5.14. The van der Waals surface area contributed by atoms with Crippen molar-refractivity contribution in [3.05, 3.63) is 23.4 Å². The summed E-state index contributed by atoms with van der Waals surface area (Å²) in [5.41, 5.74) is 4.45. The molecule has 2 rings (SSSR count). The Morgan fingerprint density at radius 3 is 2.65 bits per heavy atom. The van der Waals surface area contributed by atoms with Gasteiger partial charge in [-0.2, -0.15) is 0 Å². The van der Waals surface area contributed by atoms with Crippen LogP contribution in [0.1, 0.15) is 23.0 Å². The van der Waals surface area contributed by atoms with E-state index in [0.717, 1.165) is 44.2 Å². The average Bonchev–Trinajstić information content (AvgIpc) is 2.41. The Morgan fingerprint density at radius 2 is 2.00 bits per heavy atom. The Hall–Kier alpha value is -1.66. The van der Waals surface area contributed by atoms with Crippen LogP contribution < -0.4 is 10.7 Å². The lowest BCUT2D eigenvalue weighted by Gasteiger charge is -2.32. The van der Waals surface area contributed by atoms with E-state index in [-0.39, 0.29) is 5.91 Å². The smallest absolute Gasteiger partial charge is 0.265 e. The van der Waals surface area contributed by atoms with Crippen molar-refractivity contribution >= 4 is 11.7 Å². The summed E-state index contributed by atoms with van der Waals surface area (Å²) in [6, 6.07) is 3.61. The standard InChI is InChI=1S/C14H23N5O/c1-4-15-13-10-12(9-11(2)16-13)14(20)17-19-7-5-18(3)6-8-19/h9-10H,4-8H2,1-3H3,(H,15,16)(H,17,20). The molecule has 0 bridgehead atoms. The number of likely N-dealkylation sites (N-methyl/N-ethyl adjacent to an activating group) is 1. The van der Waals surface area contributed by atoms with Gasteiger partial charge < -0.3 is 10.2 Å². The molecule has 0 radical (unpaired) electrons. The summed E-state index contributed by atoms with van der Waals surface area (Å²) < 4.78 is 0. The highest BCUT2D eigenvalue weighted by atomic mass is 16.2. The Bertz CT molecular complexity index is 469. The number of piperazine rings is 1. The van der Waals surface area contributed by atoms with Crippen LogP contribution in [-0.2, 0) is 0 Å². The first-order valence-corrected chi connectivity index (χ1v) is 7.05. The van der Waals surface area contributed by atoms with Crippen LogP contribution in [0.2, 0.25) is 0 Å². The summed E-state index contributed by atoms with van der Waals surface area (Å²) in [6.45, 7) is 8.34. The number of carbonyl (C=O) groups excluding carboxylic acids is 1. The lowest BCUT2D eigenvalue weighted by atomic mass is 10.2. The number of amides is 1. The molecule has 2 heterocycles. The normalized spacial score (nSPS) is 16.9. The van der Waals surface area contributed by atoms with E-state index in [2.05, 4.69) is 27.7 Å². The number of hydrogen-bond donors (Lipinski definition) is 2. The van der Waals surface area contributed by atoms with Gasteiger partial charge in [0.25, 0.3) is 5.91 Å². The third kappa shape index (κ3) is 3.91. The number of nitrogens with one attached hydrogen (secondary N) is 2. The molecule has 20 heavy (non-hydrogen) atoms. The van der Waals surface area contributed by atoms with Crippen molar-refractivity contribution in [2.24, 2.45) is 0 Å². The summed E-state index contributed by atoms with van der Waals surface area (Å²) in [7, 11) is 2.09. The number of aryl methyl sites for hydroxylation is 1. The van der Waals surface area contributed by atoms with E-state index < -0.39 is 0 Å². The molecule has 1 aromatic rings. The number of nitrogens with zero attached hydrogens (tertiary/aromatic N) is 3. The summed E-state index contributed by atoms with van der Waals surface area (Å²) in [4.78, 5) is 18.9. The minimum Gasteiger partial charge on any atom is -0.370 e.